The van der Waals surface area contributed by atoms with Gasteiger partial charge in [-0.1, -0.05) is 61.0 Å². The monoisotopic (exact) mass is 554 g/mol. The molecule has 0 saturated carbocycles. The summed E-state index contributed by atoms with van der Waals surface area (Å²) in [6.07, 6.45) is -7.03. The second-order valence-corrected chi connectivity index (χ2v) is 10.6. The molecule has 37 heavy (non-hydrogen) atoms. The standard InChI is InChI=1S/C26H26ClF3N2O4S/c1-2-23(19-6-4-3-5-7-19)32(37(35,36)22-14-12-21(27)13-15-22)17-18-8-10-20(11-9-18)25(34)31-16-24(33)26(28,29)30/h3-15,23-24,33H,2,16-17H2,1H3,(H,31,34)/t23-,24?/m0/s1. The lowest BCUT2D eigenvalue weighted by atomic mass is 10.0. The minimum atomic E-state index is -4.84. The number of sulfonamides is 1. The number of alkyl halides is 3. The molecule has 3 rings (SSSR count). The fraction of sp³-hybridized carbons (Fsp3) is 0.269. The summed E-state index contributed by atoms with van der Waals surface area (Å²) in [5.41, 5.74) is 1.45. The maximum absolute atomic E-state index is 13.7. The number of hydrogen-bond acceptors (Lipinski definition) is 4. The normalized spacial score (nSPS) is 13.8. The number of benzene rings is 3. The summed E-state index contributed by atoms with van der Waals surface area (Å²) in [5, 5.41) is 11.5. The van der Waals surface area contributed by atoms with Gasteiger partial charge in [0.2, 0.25) is 10.0 Å². The van der Waals surface area contributed by atoms with E-state index in [2.05, 4.69) is 0 Å². The van der Waals surface area contributed by atoms with Crippen LogP contribution in [0.3, 0.4) is 0 Å². The Bertz CT molecular complexity index is 1290. The average molecular weight is 555 g/mol. The number of rotatable bonds is 10. The number of halogens is 4. The zero-order chi connectivity index (χ0) is 27.2. The van der Waals surface area contributed by atoms with E-state index in [-0.39, 0.29) is 17.0 Å². The summed E-state index contributed by atoms with van der Waals surface area (Å²) >= 11 is 5.95. The molecule has 0 aromatic heterocycles. The van der Waals surface area contributed by atoms with Crippen LogP contribution in [0.25, 0.3) is 0 Å². The molecule has 3 aromatic carbocycles. The minimum Gasteiger partial charge on any atom is -0.382 e. The van der Waals surface area contributed by atoms with Gasteiger partial charge in [0, 0.05) is 17.1 Å². The lowest BCUT2D eigenvalue weighted by molar-refractivity contribution is -0.201. The van der Waals surface area contributed by atoms with Crippen LogP contribution < -0.4 is 5.32 Å². The molecule has 2 N–H and O–H groups in total. The number of amides is 1. The van der Waals surface area contributed by atoms with Crippen molar-refractivity contribution in [3.05, 3.63) is 101 Å². The molecule has 0 aliphatic carbocycles. The quantitative estimate of drug-likeness (QED) is 0.354. The fourth-order valence-corrected chi connectivity index (χ4v) is 5.54. The lowest BCUT2D eigenvalue weighted by Crippen LogP contribution is -2.40. The highest BCUT2D eigenvalue weighted by atomic mass is 35.5. The first-order chi connectivity index (χ1) is 17.4. The number of aliphatic hydroxyl groups is 1. The van der Waals surface area contributed by atoms with E-state index in [0.717, 1.165) is 5.56 Å². The number of nitrogens with zero attached hydrogens (tertiary/aromatic N) is 1. The Morgan fingerprint density at radius 1 is 1.00 bits per heavy atom. The topological polar surface area (TPSA) is 86.7 Å². The third-order valence-electron chi connectivity index (χ3n) is 5.73. The molecule has 3 aromatic rings. The van der Waals surface area contributed by atoms with Gasteiger partial charge in [-0.15, -0.1) is 0 Å². The van der Waals surface area contributed by atoms with Gasteiger partial charge in [0.15, 0.2) is 6.10 Å². The van der Waals surface area contributed by atoms with Crippen molar-refractivity contribution >= 4 is 27.5 Å². The van der Waals surface area contributed by atoms with E-state index in [1.165, 1.54) is 52.8 Å². The summed E-state index contributed by atoms with van der Waals surface area (Å²) in [7, 11) is -3.97. The Balaban J connectivity index is 1.88. The third-order valence-corrected chi connectivity index (χ3v) is 7.85. The Morgan fingerprint density at radius 2 is 1.59 bits per heavy atom. The van der Waals surface area contributed by atoms with Crippen LogP contribution in [0.2, 0.25) is 5.02 Å². The highest BCUT2D eigenvalue weighted by Crippen LogP contribution is 2.32. The van der Waals surface area contributed by atoms with Gasteiger partial charge in [-0.3, -0.25) is 4.79 Å². The van der Waals surface area contributed by atoms with Crippen LogP contribution in [0.15, 0.2) is 83.8 Å². The van der Waals surface area contributed by atoms with Gasteiger partial charge in [0.1, 0.15) is 0 Å². The van der Waals surface area contributed by atoms with E-state index in [4.69, 9.17) is 16.7 Å². The highest BCUT2D eigenvalue weighted by Gasteiger charge is 2.38. The van der Waals surface area contributed by atoms with Gasteiger partial charge in [0.25, 0.3) is 5.91 Å². The first-order valence-electron chi connectivity index (χ1n) is 11.4. The maximum atomic E-state index is 13.7. The van der Waals surface area contributed by atoms with E-state index >= 15 is 0 Å². The largest absolute Gasteiger partial charge is 0.416 e. The number of carbonyl (C=O) groups is 1. The second kappa shape index (κ2) is 12.1. The predicted octanol–water partition coefficient (Wildman–Crippen LogP) is 5.34. The smallest absolute Gasteiger partial charge is 0.382 e. The van der Waals surface area contributed by atoms with E-state index < -0.39 is 40.8 Å². The molecule has 198 valence electrons. The van der Waals surface area contributed by atoms with Crippen LogP contribution >= 0.6 is 11.6 Å². The second-order valence-electron chi connectivity index (χ2n) is 8.30. The van der Waals surface area contributed by atoms with Crippen molar-refractivity contribution in [2.75, 3.05) is 6.54 Å². The molecule has 0 radical (unpaired) electrons. The molecule has 1 unspecified atom stereocenters. The molecule has 0 aliphatic heterocycles. The van der Waals surface area contributed by atoms with Crippen LogP contribution in [0.5, 0.6) is 0 Å². The van der Waals surface area contributed by atoms with Crippen molar-refractivity contribution < 1.29 is 31.5 Å². The maximum Gasteiger partial charge on any atom is 0.416 e. The molecule has 11 heteroatoms. The van der Waals surface area contributed by atoms with Gasteiger partial charge in [0.05, 0.1) is 17.5 Å². The first kappa shape index (κ1) is 28.6. The minimum absolute atomic E-state index is 0.0208. The summed E-state index contributed by atoms with van der Waals surface area (Å²) < 4.78 is 66.2. The Labute approximate surface area is 218 Å². The van der Waals surface area contributed by atoms with Crippen molar-refractivity contribution in [2.24, 2.45) is 0 Å². The first-order valence-corrected chi connectivity index (χ1v) is 13.2. The van der Waals surface area contributed by atoms with Crippen LogP contribution in [0.4, 0.5) is 13.2 Å². The summed E-state index contributed by atoms with van der Waals surface area (Å²) in [6.45, 7) is 0.879. The van der Waals surface area contributed by atoms with Crippen LogP contribution in [-0.2, 0) is 16.6 Å². The number of nitrogens with one attached hydrogen (secondary N) is 1. The summed E-state index contributed by atoms with van der Waals surface area (Å²) in [6, 6.07) is 20.4. The van der Waals surface area contributed by atoms with Gasteiger partial charge in [-0.2, -0.15) is 17.5 Å². The van der Waals surface area contributed by atoms with Crippen molar-refractivity contribution in [1.29, 1.82) is 0 Å². The molecule has 6 nitrogen and oxygen atoms in total. The highest BCUT2D eigenvalue weighted by molar-refractivity contribution is 7.89. The molecule has 1 amide bonds. The van der Waals surface area contributed by atoms with Crippen molar-refractivity contribution in [3.63, 3.8) is 0 Å². The van der Waals surface area contributed by atoms with E-state index in [1.807, 2.05) is 42.6 Å². The molecular formula is C26H26ClF3N2O4S. The zero-order valence-electron chi connectivity index (χ0n) is 19.8. The SMILES string of the molecule is CC[C@@H](c1ccccc1)N(Cc1ccc(C(=O)NCC(O)C(F)(F)F)cc1)S(=O)(=O)c1ccc(Cl)cc1. The predicted molar refractivity (Wildman–Crippen MR) is 134 cm³/mol. The molecule has 0 fully saturated rings. The zero-order valence-corrected chi connectivity index (χ0v) is 21.4. The lowest BCUT2D eigenvalue weighted by Gasteiger charge is -2.31. The number of hydrogen-bond donors (Lipinski definition) is 2. The molecule has 0 bridgehead atoms. The average Bonchev–Trinajstić information content (AvgIpc) is 2.87. The van der Waals surface area contributed by atoms with Crippen molar-refractivity contribution in [1.82, 2.24) is 9.62 Å². The van der Waals surface area contributed by atoms with Crippen molar-refractivity contribution in [3.8, 4) is 0 Å². The molecule has 0 spiro atoms. The molecular weight excluding hydrogens is 529 g/mol. The fourth-order valence-electron chi connectivity index (χ4n) is 3.73. The van der Waals surface area contributed by atoms with Crippen molar-refractivity contribution in [2.45, 2.75) is 43.1 Å². The molecule has 0 heterocycles. The molecule has 0 saturated heterocycles. The Kier molecular flexibility index (Phi) is 9.36. The molecule has 0 aliphatic rings. The van der Waals surface area contributed by atoms with E-state index in [0.29, 0.717) is 17.0 Å². The van der Waals surface area contributed by atoms with E-state index in [1.54, 1.807) is 0 Å². The van der Waals surface area contributed by atoms with Gasteiger partial charge < -0.3 is 10.4 Å². The van der Waals surface area contributed by atoms with E-state index in [9.17, 15) is 26.4 Å². The van der Waals surface area contributed by atoms with Crippen LogP contribution in [-0.4, -0.2) is 42.6 Å². The number of aliphatic hydroxyl groups excluding tert-OH is 1. The van der Waals surface area contributed by atoms with Gasteiger partial charge in [-0.25, -0.2) is 8.42 Å². The Hall–Kier alpha value is -2.92. The van der Waals surface area contributed by atoms with Crippen LogP contribution in [0, 0.1) is 0 Å². The molecule has 2 atom stereocenters. The number of carbonyl (C=O) groups excluding carboxylic acids is 1. The van der Waals surface area contributed by atoms with Crippen LogP contribution in [0.1, 0.15) is 40.9 Å². The van der Waals surface area contributed by atoms with Gasteiger partial charge >= 0.3 is 6.18 Å². The summed E-state index contributed by atoms with van der Waals surface area (Å²) in [4.78, 5) is 12.3. The summed E-state index contributed by atoms with van der Waals surface area (Å²) in [5.74, 6) is -0.795. The van der Waals surface area contributed by atoms with Gasteiger partial charge in [-0.05, 0) is 53.9 Å². The third kappa shape index (κ3) is 7.32. The Morgan fingerprint density at radius 3 is 2.14 bits per heavy atom.